The molecule has 0 aliphatic carbocycles. The summed E-state index contributed by atoms with van der Waals surface area (Å²) in [4.78, 5) is 13.3. The first-order valence-electron chi connectivity index (χ1n) is 5.79. The predicted molar refractivity (Wildman–Crippen MR) is 70.0 cm³/mol. The molecule has 1 aromatic rings. The van der Waals surface area contributed by atoms with E-state index in [0.29, 0.717) is 25.4 Å². The minimum absolute atomic E-state index is 0.0621. The van der Waals surface area contributed by atoms with Crippen LogP contribution >= 0.6 is 0 Å². The SMILES string of the molecule is COCCOCC(=O)N(C)Cc1ccccc1N. The monoisotopic (exact) mass is 252 g/mol. The van der Waals surface area contributed by atoms with Gasteiger partial charge in [-0.3, -0.25) is 4.79 Å². The summed E-state index contributed by atoms with van der Waals surface area (Å²) in [5.41, 5.74) is 7.45. The third-order valence-corrected chi connectivity index (χ3v) is 2.55. The quantitative estimate of drug-likeness (QED) is 0.578. The number of likely N-dealkylation sites (N-methyl/N-ethyl adjacent to an activating group) is 1. The number of hydrogen-bond donors (Lipinski definition) is 1. The molecule has 5 nitrogen and oxygen atoms in total. The summed E-state index contributed by atoms with van der Waals surface area (Å²) in [6.45, 7) is 1.46. The summed E-state index contributed by atoms with van der Waals surface area (Å²) in [5, 5.41) is 0. The van der Waals surface area contributed by atoms with Crippen LogP contribution in [0.1, 0.15) is 5.56 Å². The van der Waals surface area contributed by atoms with E-state index >= 15 is 0 Å². The summed E-state index contributed by atoms with van der Waals surface area (Å²) in [6, 6.07) is 7.50. The Hall–Kier alpha value is -1.59. The maximum absolute atomic E-state index is 11.7. The Morgan fingerprint density at radius 3 is 2.72 bits per heavy atom. The number of nitrogen functional groups attached to an aromatic ring is 1. The van der Waals surface area contributed by atoms with E-state index in [0.717, 1.165) is 5.56 Å². The zero-order chi connectivity index (χ0) is 13.4. The Morgan fingerprint density at radius 2 is 2.06 bits per heavy atom. The molecule has 1 amide bonds. The van der Waals surface area contributed by atoms with Gasteiger partial charge in [0.2, 0.25) is 5.91 Å². The second-order valence-electron chi connectivity index (χ2n) is 3.99. The molecule has 0 atom stereocenters. The van der Waals surface area contributed by atoms with Crippen LogP contribution in [0.5, 0.6) is 0 Å². The molecule has 1 rings (SSSR count). The minimum Gasteiger partial charge on any atom is -0.398 e. The van der Waals surface area contributed by atoms with Gasteiger partial charge in [0.15, 0.2) is 0 Å². The van der Waals surface area contributed by atoms with E-state index < -0.39 is 0 Å². The first-order valence-corrected chi connectivity index (χ1v) is 5.79. The molecule has 0 fully saturated rings. The Morgan fingerprint density at radius 1 is 1.33 bits per heavy atom. The van der Waals surface area contributed by atoms with Gasteiger partial charge in [-0.25, -0.2) is 0 Å². The van der Waals surface area contributed by atoms with E-state index in [1.165, 1.54) is 0 Å². The molecule has 0 bridgehead atoms. The number of ether oxygens (including phenoxy) is 2. The molecule has 0 radical (unpaired) electrons. The average molecular weight is 252 g/mol. The number of benzene rings is 1. The highest BCUT2D eigenvalue weighted by Crippen LogP contribution is 2.12. The first kappa shape index (κ1) is 14.5. The molecule has 2 N–H and O–H groups in total. The zero-order valence-corrected chi connectivity index (χ0v) is 10.9. The molecule has 1 aromatic carbocycles. The van der Waals surface area contributed by atoms with E-state index in [2.05, 4.69) is 0 Å². The fraction of sp³-hybridized carbons (Fsp3) is 0.462. The van der Waals surface area contributed by atoms with Crippen molar-refractivity contribution >= 4 is 11.6 Å². The van der Waals surface area contributed by atoms with Crippen LogP contribution in [0.15, 0.2) is 24.3 Å². The van der Waals surface area contributed by atoms with Gasteiger partial charge < -0.3 is 20.1 Å². The number of methoxy groups -OCH3 is 1. The van der Waals surface area contributed by atoms with Crippen molar-refractivity contribution in [2.75, 3.05) is 39.7 Å². The molecule has 0 aromatic heterocycles. The van der Waals surface area contributed by atoms with Crippen LogP contribution in [-0.2, 0) is 20.8 Å². The van der Waals surface area contributed by atoms with E-state index in [1.54, 1.807) is 19.1 Å². The van der Waals surface area contributed by atoms with Gasteiger partial charge in [-0.1, -0.05) is 18.2 Å². The summed E-state index contributed by atoms with van der Waals surface area (Å²) >= 11 is 0. The Balaban J connectivity index is 2.38. The maximum atomic E-state index is 11.7. The van der Waals surface area contributed by atoms with E-state index in [4.69, 9.17) is 15.2 Å². The van der Waals surface area contributed by atoms with Gasteiger partial charge >= 0.3 is 0 Å². The molecule has 18 heavy (non-hydrogen) atoms. The molecule has 5 heteroatoms. The van der Waals surface area contributed by atoms with Crippen LogP contribution in [-0.4, -0.2) is 44.8 Å². The first-order chi connectivity index (χ1) is 8.65. The van der Waals surface area contributed by atoms with Crippen LogP contribution in [0.25, 0.3) is 0 Å². The summed E-state index contributed by atoms with van der Waals surface area (Å²) in [6.07, 6.45) is 0. The smallest absolute Gasteiger partial charge is 0.248 e. The second-order valence-corrected chi connectivity index (χ2v) is 3.99. The van der Waals surface area contributed by atoms with Crippen molar-refractivity contribution in [1.29, 1.82) is 0 Å². The highest BCUT2D eigenvalue weighted by atomic mass is 16.5. The van der Waals surface area contributed by atoms with Gasteiger partial charge in [-0.15, -0.1) is 0 Å². The number of amides is 1. The van der Waals surface area contributed by atoms with Gasteiger partial charge in [-0.05, 0) is 11.6 Å². The Bertz CT molecular complexity index is 382. The predicted octanol–water partition coefficient (Wildman–Crippen LogP) is 0.890. The lowest BCUT2D eigenvalue weighted by Gasteiger charge is -2.18. The number of nitrogens with zero attached hydrogens (tertiary/aromatic N) is 1. The van der Waals surface area contributed by atoms with E-state index in [-0.39, 0.29) is 12.5 Å². The molecule has 0 aliphatic heterocycles. The number of nitrogens with two attached hydrogens (primary N) is 1. The van der Waals surface area contributed by atoms with E-state index in [1.807, 2.05) is 24.3 Å². The minimum atomic E-state index is -0.0747. The maximum Gasteiger partial charge on any atom is 0.248 e. The largest absolute Gasteiger partial charge is 0.398 e. The van der Waals surface area contributed by atoms with Crippen molar-refractivity contribution in [1.82, 2.24) is 4.90 Å². The third-order valence-electron chi connectivity index (χ3n) is 2.55. The molecule has 100 valence electrons. The standard InChI is InChI=1S/C13H20N2O3/c1-15(13(16)10-18-8-7-17-2)9-11-5-3-4-6-12(11)14/h3-6H,7-10,14H2,1-2H3. The fourth-order valence-corrected chi connectivity index (χ4v) is 1.43. The lowest BCUT2D eigenvalue weighted by Crippen LogP contribution is -2.30. The van der Waals surface area contributed by atoms with Crippen molar-refractivity contribution in [3.05, 3.63) is 29.8 Å². The summed E-state index contributed by atoms with van der Waals surface area (Å²) in [7, 11) is 3.32. The average Bonchev–Trinajstić information content (AvgIpc) is 2.37. The van der Waals surface area contributed by atoms with Crippen molar-refractivity contribution in [2.24, 2.45) is 0 Å². The van der Waals surface area contributed by atoms with Crippen LogP contribution in [0, 0.1) is 0 Å². The number of anilines is 1. The molecule has 0 unspecified atom stereocenters. The molecule has 0 saturated carbocycles. The van der Waals surface area contributed by atoms with Crippen molar-refractivity contribution in [2.45, 2.75) is 6.54 Å². The topological polar surface area (TPSA) is 64.8 Å². The molecule has 0 aliphatic rings. The Labute approximate surface area is 107 Å². The summed E-state index contributed by atoms with van der Waals surface area (Å²) in [5.74, 6) is -0.0747. The van der Waals surface area contributed by atoms with Crippen LogP contribution in [0.2, 0.25) is 0 Å². The van der Waals surface area contributed by atoms with Gasteiger partial charge in [0, 0.05) is 26.4 Å². The van der Waals surface area contributed by atoms with Crippen molar-refractivity contribution in [3.8, 4) is 0 Å². The number of para-hydroxylation sites is 1. The third kappa shape index (κ3) is 4.73. The van der Waals surface area contributed by atoms with E-state index in [9.17, 15) is 4.79 Å². The number of carbonyl (C=O) groups is 1. The summed E-state index contributed by atoms with van der Waals surface area (Å²) < 4.78 is 10.0. The van der Waals surface area contributed by atoms with Crippen molar-refractivity contribution in [3.63, 3.8) is 0 Å². The molecule has 0 saturated heterocycles. The highest BCUT2D eigenvalue weighted by Gasteiger charge is 2.10. The number of hydrogen-bond acceptors (Lipinski definition) is 4. The Kier molecular flexibility index (Phi) is 6.18. The molecule has 0 spiro atoms. The lowest BCUT2D eigenvalue weighted by atomic mass is 10.2. The van der Waals surface area contributed by atoms with Crippen LogP contribution in [0.3, 0.4) is 0 Å². The van der Waals surface area contributed by atoms with Crippen LogP contribution < -0.4 is 5.73 Å². The van der Waals surface area contributed by atoms with Gasteiger partial charge in [0.25, 0.3) is 0 Å². The van der Waals surface area contributed by atoms with Crippen molar-refractivity contribution < 1.29 is 14.3 Å². The van der Waals surface area contributed by atoms with Gasteiger partial charge in [0.1, 0.15) is 6.61 Å². The molecular formula is C13H20N2O3. The zero-order valence-electron chi connectivity index (χ0n) is 10.9. The molecule has 0 heterocycles. The molecular weight excluding hydrogens is 232 g/mol. The highest BCUT2D eigenvalue weighted by molar-refractivity contribution is 5.77. The van der Waals surface area contributed by atoms with Gasteiger partial charge in [-0.2, -0.15) is 0 Å². The second kappa shape index (κ2) is 7.68. The normalized spacial score (nSPS) is 10.3. The number of carbonyl (C=O) groups excluding carboxylic acids is 1. The van der Waals surface area contributed by atoms with Crippen LogP contribution in [0.4, 0.5) is 5.69 Å². The number of rotatable bonds is 7. The lowest BCUT2D eigenvalue weighted by molar-refractivity contribution is -0.135. The van der Waals surface area contributed by atoms with Gasteiger partial charge in [0.05, 0.1) is 13.2 Å². The fourth-order valence-electron chi connectivity index (χ4n) is 1.43.